The quantitative estimate of drug-likeness (QED) is 0.877. The van der Waals surface area contributed by atoms with Crippen molar-refractivity contribution in [3.05, 3.63) is 29.8 Å². The summed E-state index contributed by atoms with van der Waals surface area (Å²) in [6.45, 7) is 0.990. The summed E-state index contributed by atoms with van der Waals surface area (Å²) in [5.41, 5.74) is -0.421. The molecule has 0 unspecified atom stereocenters. The molecular formula is C15H19F2NO2. The molecule has 3 atom stereocenters. The van der Waals surface area contributed by atoms with Crippen LogP contribution in [0.5, 0.6) is 0 Å². The Kier molecular flexibility index (Phi) is 3.65. The molecule has 1 aliphatic carbocycles. The number of rotatable bonds is 2. The molecule has 110 valence electrons. The lowest BCUT2D eigenvalue weighted by molar-refractivity contribution is -0.148. The molecule has 1 saturated carbocycles. The van der Waals surface area contributed by atoms with Gasteiger partial charge in [0.1, 0.15) is 5.60 Å². The van der Waals surface area contributed by atoms with E-state index >= 15 is 0 Å². The first-order valence-electron chi connectivity index (χ1n) is 7.11. The molecule has 1 aromatic rings. The first kappa shape index (κ1) is 13.8. The minimum Gasteiger partial charge on any atom is -0.385 e. The first-order chi connectivity index (χ1) is 9.59. The van der Waals surface area contributed by atoms with Gasteiger partial charge in [0, 0.05) is 18.4 Å². The Morgan fingerprint density at radius 3 is 2.85 bits per heavy atom. The second-order valence-electron chi connectivity index (χ2n) is 5.79. The molecule has 2 fully saturated rings. The number of nitrogens with one attached hydrogen (secondary N) is 1. The van der Waals surface area contributed by atoms with Crippen molar-refractivity contribution in [2.24, 2.45) is 5.92 Å². The Balaban J connectivity index is 1.79. The van der Waals surface area contributed by atoms with Gasteiger partial charge in [0.15, 0.2) is 11.6 Å². The minimum absolute atomic E-state index is 0.189. The maximum Gasteiger partial charge on any atom is 0.160 e. The van der Waals surface area contributed by atoms with Gasteiger partial charge in [-0.3, -0.25) is 0 Å². The number of benzene rings is 1. The summed E-state index contributed by atoms with van der Waals surface area (Å²) in [5.74, 6) is -1.53. The number of ether oxygens (including phenoxy) is 1. The molecule has 5 heteroatoms. The molecular weight excluding hydrogens is 264 g/mol. The van der Waals surface area contributed by atoms with Crippen molar-refractivity contribution in [3.63, 3.8) is 0 Å². The zero-order valence-electron chi connectivity index (χ0n) is 11.2. The lowest BCUT2D eigenvalue weighted by Crippen LogP contribution is -2.60. The summed E-state index contributed by atoms with van der Waals surface area (Å²) >= 11 is 0. The fourth-order valence-corrected chi connectivity index (χ4v) is 3.41. The average Bonchev–Trinajstić information content (AvgIpc) is 2.43. The first-order valence-corrected chi connectivity index (χ1v) is 7.11. The van der Waals surface area contributed by atoms with Gasteiger partial charge in [0.25, 0.3) is 0 Å². The third-order valence-electron chi connectivity index (χ3n) is 4.56. The number of halogens is 2. The third kappa shape index (κ3) is 2.40. The zero-order chi connectivity index (χ0) is 14.2. The SMILES string of the molecule is O[C@]12COCC[C@@H]1CCC[C@H]2Nc1ccc(F)c(F)c1. The molecule has 0 aromatic heterocycles. The molecule has 0 bridgehead atoms. The molecule has 3 nitrogen and oxygen atoms in total. The van der Waals surface area contributed by atoms with Gasteiger partial charge in [-0.05, 0) is 37.3 Å². The summed E-state index contributed by atoms with van der Waals surface area (Å²) in [6.07, 6.45) is 3.67. The smallest absolute Gasteiger partial charge is 0.160 e. The fraction of sp³-hybridized carbons (Fsp3) is 0.600. The van der Waals surface area contributed by atoms with Crippen molar-refractivity contribution in [3.8, 4) is 0 Å². The molecule has 2 aliphatic rings. The van der Waals surface area contributed by atoms with Gasteiger partial charge in [-0.1, -0.05) is 6.42 Å². The maximum atomic E-state index is 13.3. The Hall–Kier alpha value is -1.20. The van der Waals surface area contributed by atoms with E-state index in [0.717, 1.165) is 37.8 Å². The predicted octanol–water partition coefficient (Wildman–Crippen LogP) is 2.70. The highest BCUT2D eigenvalue weighted by atomic mass is 19.2. The second-order valence-corrected chi connectivity index (χ2v) is 5.79. The van der Waals surface area contributed by atoms with Gasteiger partial charge < -0.3 is 15.2 Å². The summed E-state index contributed by atoms with van der Waals surface area (Å²) in [4.78, 5) is 0. The minimum atomic E-state index is -0.915. The van der Waals surface area contributed by atoms with Gasteiger partial charge in [0.2, 0.25) is 0 Å². The van der Waals surface area contributed by atoms with Crippen LogP contribution >= 0.6 is 0 Å². The Bertz CT molecular complexity index is 495. The Morgan fingerprint density at radius 1 is 1.20 bits per heavy atom. The van der Waals surface area contributed by atoms with Crippen molar-refractivity contribution in [2.75, 3.05) is 18.5 Å². The zero-order valence-corrected chi connectivity index (χ0v) is 11.2. The second kappa shape index (κ2) is 5.30. The molecule has 0 spiro atoms. The van der Waals surface area contributed by atoms with Crippen LogP contribution in [-0.2, 0) is 4.74 Å². The van der Waals surface area contributed by atoms with E-state index in [-0.39, 0.29) is 12.0 Å². The van der Waals surface area contributed by atoms with Crippen LogP contribution in [-0.4, -0.2) is 30.0 Å². The van der Waals surface area contributed by atoms with Gasteiger partial charge in [0.05, 0.1) is 12.6 Å². The van der Waals surface area contributed by atoms with Crippen molar-refractivity contribution < 1.29 is 18.6 Å². The highest BCUT2D eigenvalue weighted by Gasteiger charge is 2.48. The van der Waals surface area contributed by atoms with Crippen molar-refractivity contribution in [1.29, 1.82) is 0 Å². The molecule has 1 heterocycles. The predicted molar refractivity (Wildman–Crippen MR) is 71.5 cm³/mol. The standard InChI is InChI=1S/C15H19F2NO2/c16-12-5-4-11(8-13(12)17)18-14-3-1-2-10-6-7-20-9-15(10,14)19/h4-5,8,10,14,18-19H,1-3,6-7,9H2/t10-,14+,15+/m0/s1. The lowest BCUT2D eigenvalue weighted by Gasteiger charge is -2.48. The van der Waals surface area contributed by atoms with E-state index in [1.807, 2.05) is 0 Å². The van der Waals surface area contributed by atoms with Crippen LogP contribution in [0.2, 0.25) is 0 Å². The van der Waals surface area contributed by atoms with Gasteiger partial charge in [-0.15, -0.1) is 0 Å². The number of hydrogen-bond donors (Lipinski definition) is 2. The highest BCUT2D eigenvalue weighted by molar-refractivity contribution is 5.45. The van der Waals surface area contributed by atoms with E-state index < -0.39 is 17.2 Å². The van der Waals surface area contributed by atoms with Gasteiger partial charge in [-0.25, -0.2) is 8.78 Å². The maximum absolute atomic E-state index is 13.3. The molecule has 1 aromatic carbocycles. The van der Waals surface area contributed by atoms with Crippen molar-refractivity contribution in [2.45, 2.75) is 37.3 Å². The number of aliphatic hydroxyl groups is 1. The van der Waals surface area contributed by atoms with Crippen LogP contribution in [0.1, 0.15) is 25.7 Å². The number of fused-ring (bicyclic) bond motifs is 1. The van der Waals surface area contributed by atoms with Crippen LogP contribution in [0.3, 0.4) is 0 Å². The molecule has 1 saturated heterocycles. The topological polar surface area (TPSA) is 41.5 Å². The Labute approximate surface area is 116 Å². The van der Waals surface area contributed by atoms with Crippen LogP contribution in [0.4, 0.5) is 14.5 Å². The van der Waals surface area contributed by atoms with Crippen molar-refractivity contribution >= 4 is 5.69 Å². The van der Waals surface area contributed by atoms with Crippen LogP contribution < -0.4 is 5.32 Å². The van der Waals surface area contributed by atoms with E-state index in [9.17, 15) is 13.9 Å². The summed E-state index contributed by atoms with van der Waals surface area (Å²) in [7, 11) is 0. The molecule has 3 rings (SSSR count). The van der Waals surface area contributed by atoms with Crippen LogP contribution in [0.25, 0.3) is 0 Å². The molecule has 20 heavy (non-hydrogen) atoms. The van der Waals surface area contributed by atoms with E-state index in [1.54, 1.807) is 0 Å². The molecule has 2 N–H and O–H groups in total. The Morgan fingerprint density at radius 2 is 2.05 bits per heavy atom. The monoisotopic (exact) mass is 283 g/mol. The number of anilines is 1. The summed E-state index contributed by atoms with van der Waals surface area (Å²) in [5, 5.41) is 14.0. The third-order valence-corrected chi connectivity index (χ3v) is 4.56. The average molecular weight is 283 g/mol. The molecule has 1 aliphatic heterocycles. The number of hydrogen-bond acceptors (Lipinski definition) is 3. The largest absolute Gasteiger partial charge is 0.385 e. The highest BCUT2D eigenvalue weighted by Crippen LogP contribution is 2.40. The fourth-order valence-electron chi connectivity index (χ4n) is 3.41. The van der Waals surface area contributed by atoms with Crippen LogP contribution in [0.15, 0.2) is 18.2 Å². The van der Waals surface area contributed by atoms with E-state index in [0.29, 0.717) is 18.9 Å². The van der Waals surface area contributed by atoms with Crippen molar-refractivity contribution in [1.82, 2.24) is 0 Å². The normalized spacial score (nSPS) is 33.5. The van der Waals surface area contributed by atoms with Crippen LogP contribution in [0, 0.1) is 17.6 Å². The van der Waals surface area contributed by atoms with E-state index in [1.165, 1.54) is 6.07 Å². The molecule has 0 amide bonds. The summed E-state index contributed by atoms with van der Waals surface area (Å²) in [6, 6.07) is 3.53. The van der Waals surface area contributed by atoms with E-state index in [4.69, 9.17) is 4.74 Å². The van der Waals surface area contributed by atoms with E-state index in [2.05, 4.69) is 5.32 Å². The van der Waals surface area contributed by atoms with Gasteiger partial charge in [-0.2, -0.15) is 0 Å². The lowest BCUT2D eigenvalue weighted by atomic mass is 9.70. The van der Waals surface area contributed by atoms with Gasteiger partial charge >= 0.3 is 0 Å². The molecule has 0 radical (unpaired) electrons. The summed E-state index contributed by atoms with van der Waals surface area (Å²) < 4.78 is 31.6.